The molecular weight excluding hydrogens is 380 g/mol. The monoisotopic (exact) mass is 406 g/mol. The third kappa shape index (κ3) is 4.49. The molecule has 2 aromatic rings. The second kappa shape index (κ2) is 8.78. The molecule has 1 amide bonds. The summed E-state index contributed by atoms with van der Waals surface area (Å²) in [6.07, 6.45) is 3.04. The second-order valence-corrected chi connectivity index (χ2v) is 8.09. The number of nitrogens with zero attached hydrogens (tertiary/aromatic N) is 2. The summed E-state index contributed by atoms with van der Waals surface area (Å²) < 4.78 is 5.38. The molecule has 3 N–H and O–H groups in total. The van der Waals surface area contributed by atoms with Gasteiger partial charge in [0.1, 0.15) is 5.82 Å². The molecule has 3 atom stereocenters. The Morgan fingerprint density at radius 2 is 2.18 bits per heavy atom. The van der Waals surface area contributed by atoms with E-state index >= 15 is 0 Å². The molecule has 1 aliphatic heterocycles. The number of ether oxygens (including phenoxy) is 1. The maximum absolute atomic E-state index is 12.3. The summed E-state index contributed by atoms with van der Waals surface area (Å²) in [5.41, 5.74) is 1.79. The maximum atomic E-state index is 12.3. The van der Waals surface area contributed by atoms with Crippen molar-refractivity contribution in [2.24, 2.45) is 0 Å². The number of hydrogen-bond acceptors (Lipinski definition) is 5. The lowest BCUT2D eigenvalue weighted by Crippen LogP contribution is -2.51. The lowest BCUT2D eigenvalue weighted by atomic mass is 10.1. The van der Waals surface area contributed by atoms with Gasteiger partial charge in [-0.1, -0.05) is 11.6 Å². The fraction of sp³-hybridized carbons (Fsp3) is 0.600. The summed E-state index contributed by atoms with van der Waals surface area (Å²) in [7, 11) is 0. The van der Waals surface area contributed by atoms with Crippen molar-refractivity contribution in [3.8, 4) is 0 Å². The number of carbonyl (C=O) groups is 1. The number of aliphatic hydroxyl groups is 1. The Morgan fingerprint density at radius 3 is 3.00 bits per heavy atom. The number of aromatic nitrogens is 2. The molecule has 1 saturated carbocycles. The van der Waals surface area contributed by atoms with E-state index < -0.39 is 6.10 Å². The lowest BCUT2D eigenvalue weighted by molar-refractivity contribution is -0.122. The molecule has 0 spiro atoms. The molecule has 4 rings (SSSR count). The molecule has 0 bridgehead atoms. The molecule has 28 heavy (non-hydrogen) atoms. The fourth-order valence-electron chi connectivity index (χ4n) is 4.27. The van der Waals surface area contributed by atoms with Crippen LogP contribution in [0.4, 0.5) is 0 Å². The number of halogens is 1. The first-order valence-corrected chi connectivity index (χ1v) is 10.4. The van der Waals surface area contributed by atoms with Gasteiger partial charge in [0.25, 0.3) is 0 Å². The van der Waals surface area contributed by atoms with E-state index in [9.17, 15) is 9.90 Å². The number of aliphatic hydroxyl groups excluding tert-OH is 1. The molecule has 2 heterocycles. The van der Waals surface area contributed by atoms with Crippen LogP contribution in [0.5, 0.6) is 0 Å². The maximum Gasteiger partial charge on any atom is 0.220 e. The molecule has 2 aliphatic rings. The van der Waals surface area contributed by atoms with Gasteiger partial charge in [0.2, 0.25) is 5.91 Å². The van der Waals surface area contributed by atoms with E-state index in [1.54, 1.807) is 0 Å². The summed E-state index contributed by atoms with van der Waals surface area (Å²) in [4.78, 5) is 22.4. The molecule has 1 aromatic heterocycles. The molecule has 1 aromatic carbocycles. The van der Waals surface area contributed by atoms with Gasteiger partial charge in [0, 0.05) is 37.0 Å². The van der Waals surface area contributed by atoms with Crippen LogP contribution in [0.25, 0.3) is 11.0 Å². The number of hydrogen-bond donors (Lipinski definition) is 3. The Kier molecular flexibility index (Phi) is 6.16. The van der Waals surface area contributed by atoms with Crippen molar-refractivity contribution in [2.75, 3.05) is 26.3 Å². The first-order chi connectivity index (χ1) is 13.6. The van der Waals surface area contributed by atoms with Crippen LogP contribution in [0.15, 0.2) is 18.2 Å². The van der Waals surface area contributed by atoms with Gasteiger partial charge in [-0.15, -0.1) is 0 Å². The number of fused-ring (bicyclic) bond motifs is 1. The van der Waals surface area contributed by atoms with E-state index in [0.717, 1.165) is 42.8 Å². The minimum atomic E-state index is -0.512. The summed E-state index contributed by atoms with van der Waals surface area (Å²) in [6.45, 7) is 3.14. The number of nitrogens with one attached hydrogen (secondary N) is 2. The minimum absolute atomic E-state index is 0.00849. The third-order valence-corrected chi connectivity index (χ3v) is 5.99. The highest BCUT2D eigenvalue weighted by molar-refractivity contribution is 6.31. The Bertz CT molecular complexity index is 821. The Hall–Kier alpha value is -1.67. The van der Waals surface area contributed by atoms with Crippen molar-refractivity contribution in [1.29, 1.82) is 0 Å². The summed E-state index contributed by atoms with van der Waals surface area (Å²) in [5, 5.41) is 14.3. The van der Waals surface area contributed by atoms with Crippen LogP contribution in [0.2, 0.25) is 5.02 Å². The largest absolute Gasteiger partial charge is 0.389 e. The molecule has 152 valence electrons. The van der Waals surface area contributed by atoms with E-state index in [1.807, 2.05) is 18.2 Å². The molecule has 1 saturated heterocycles. The topological polar surface area (TPSA) is 90.5 Å². The number of H-pyrrole nitrogens is 1. The van der Waals surface area contributed by atoms with Gasteiger partial charge in [0.15, 0.2) is 0 Å². The van der Waals surface area contributed by atoms with Gasteiger partial charge in [-0.05, 0) is 37.5 Å². The molecule has 0 radical (unpaired) electrons. The number of morpholine rings is 1. The quantitative estimate of drug-likeness (QED) is 0.681. The predicted octanol–water partition coefficient (Wildman–Crippen LogP) is 1.88. The molecule has 7 nitrogen and oxygen atoms in total. The zero-order chi connectivity index (χ0) is 19.5. The average molecular weight is 407 g/mol. The summed E-state index contributed by atoms with van der Waals surface area (Å²) in [5.74, 6) is 0.851. The molecule has 1 aliphatic carbocycles. The van der Waals surface area contributed by atoms with Crippen LogP contribution in [-0.2, 0) is 16.0 Å². The van der Waals surface area contributed by atoms with Crippen LogP contribution in [0.3, 0.4) is 0 Å². The molecule has 8 heteroatoms. The SMILES string of the molecule is O=C(CCCc1nc2ccc(Cl)cc2[nH]1)N[C@@H]1CC[C@@H](N2CCOCC2)[C@@H]1O. The fourth-order valence-corrected chi connectivity index (χ4v) is 4.45. The van der Waals surface area contributed by atoms with Gasteiger partial charge < -0.3 is 20.1 Å². The van der Waals surface area contributed by atoms with E-state index in [0.29, 0.717) is 37.5 Å². The van der Waals surface area contributed by atoms with Crippen LogP contribution >= 0.6 is 11.6 Å². The van der Waals surface area contributed by atoms with Gasteiger partial charge in [0.05, 0.1) is 36.4 Å². The second-order valence-electron chi connectivity index (χ2n) is 7.66. The predicted molar refractivity (Wildman–Crippen MR) is 107 cm³/mol. The van der Waals surface area contributed by atoms with Crippen LogP contribution < -0.4 is 5.32 Å². The lowest BCUT2D eigenvalue weighted by Gasteiger charge is -2.34. The average Bonchev–Trinajstić information content (AvgIpc) is 3.25. The summed E-state index contributed by atoms with van der Waals surface area (Å²) in [6, 6.07) is 5.52. The van der Waals surface area contributed by atoms with E-state index in [2.05, 4.69) is 20.2 Å². The van der Waals surface area contributed by atoms with Crippen molar-refractivity contribution < 1.29 is 14.6 Å². The highest BCUT2D eigenvalue weighted by atomic mass is 35.5. The van der Waals surface area contributed by atoms with Crippen molar-refractivity contribution in [3.05, 3.63) is 29.0 Å². The molecule has 2 fully saturated rings. The number of benzene rings is 1. The number of aryl methyl sites for hydroxylation is 1. The van der Waals surface area contributed by atoms with E-state index in [-0.39, 0.29) is 18.0 Å². The normalized spacial score (nSPS) is 26.0. The minimum Gasteiger partial charge on any atom is -0.389 e. The first-order valence-electron chi connectivity index (χ1n) is 10.0. The van der Waals surface area contributed by atoms with Crippen LogP contribution in [-0.4, -0.2) is 70.4 Å². The number of aromatic amines is 1. The Labute approximate surface area is 169 Å². The van der Waals surface area contributed by atoms with Crippen molar-refractivity contribution in [3.63, 3.8) is 0 Å². The smallest absolute Gasteiger partial charge is 0.220 e. The number of rotatable bonds is 6. The van der Waals surface area contributed by atoms with Crippen molar-refractivity contribution in [1.82, 2.24) is 20.2 Å². The van der Waals surface area contributed by atoms with Gasteiger partial charge in [-0.2, -0.15) is 0 Å². The number of amides is 1. The summed E-state index contributed by atoms with van der Waals surface area (Å²) >= 11 is 6.00. The van der Waals surface area contributed by atoms with Gasteiger partial charge in [-0.3, -0.25) is 9.69 Å². The van der Waals surface area contributed by atoms with Crippen LogP contribution in [0.1, 0.15) is 31.5 Å². The van der Waals surface area contributed by atoms with E-state index in [1.165, 1.54) is 0 Å². The van der Waals surface area contributed by atoms with Crippen LogP contribution in [0, 0.1) is 0 Å². The Morgan fingerprint density at radius 1 is 1.36 bits per heavy atom. The standard InChI is InChI=1S/C20H27ClN4O3/c21-13-4-5-14-16(12-13)23-18(22-14)2-1-3-19(26)24-15-6-7-17(20(15)27)25-8-10-28-11-9-25/h4-5,12,15,17,20,27H,1-3,6-11H2,(H,22,23)(H,24,26)/t15-,17-,20-/m1/s1. The van der Waals surface area contributed by atoms with Gasteiger partial charge in [-0.25, -0.2) is 4.98 Å². The third-order valence-electron chi connectivity index (χ3n) is 5.75. The zero-order valence-corrected chi connectivity index (χ0v) is 16.6. The first kappa shape index (κ1) is 19.6. The number of imidazole rings is 1. The highest BCUT2D eigenvalue weighted by Gasteiger charge is 2.39. The molecule has 0 unspecified atom stereocenters. The number of carbonyl (C=O) groups excluding carboxylic acids is 1. The van der Waals surface area contributed by atoms with Crippen molar-refractivity contribution in [2.45, 2.75) is 50.3 Å². The molecular formula is C20H27ClN4O3. The van der Waals surface area contributed by atoms with E-state index in [4.69, 9.17) is 16.3 Å². The van der Waals surface area contributed by atoms with Crippen molar-refractivity contribution >= 4 is 28.5 Å². The highest BCUT2D eigenvalue weighted by Crippen LogP contribution is 2.26. The Balaban J connectivity index is 1.23. The zero-order valence-electron chi connectivity index (χ0n) is 15.9. The van der Waals surface area contributed by atoms with Gasteiger partial charge >= 0.3 is 0 Å².